The van der Waals surface area contributed by atoms with Gasteiger partial charge in [-0.15, -0.1) is 0 Å². The van der Waals surface area contributed by atoms with Crippen molar-refractivity contribution in [2.75, 3.05) is 7.05 Å². The summed E-state index contributed by atoms with van der Waals surface area (Å²) >= 11 is 0. The quantitative estimate of drug-likeness (QED) is 0.508. The zero-order valence-corrected chi connectivity index (χ0v) is 13.7. The number of carbonyl (C=O) groups is 1. The van der Waals surface area contributed by atoms with Gasteiger partial charge in [0.05, 0.1) is 11.5 Å². The van der Waals surface area contributed by atoms with Gasteiger partial charge < -0.3 is 5.11 Å². The second kappa shape index (κ2) is 7.54. The third-order valence-corrected chi connectivity index (χ3v) is 3.84. The molecule has 0 aliphatic rings. The molecule has 0 radical (unpaired) electrons. The molecule has 2 aromatic rings. The highest BCUT2D eigenvalue weighted by atomic mass is 16.3. The Morgan fingerprint density at radius 3 is 1.70 bits per heavy atom. The van der Waals surface area contributed by atoms with Crippen LogP contribution in [0.5, 0.6) is 0 Å². The van der Waals surface area contributed by atoms with Crippen LogP contribution in [0.2, 0.25) is 0 Å². The van der Waals surface area contributed by atoms with Crippen molar-refractivity contribution in [3.05, 3.63) is 83.1 Å². The molecule has 0 aromatic heterocycles. The van der Waals surface area contributed by atoms with Gasteiger partial charge in [0.25, 0.3) is 0 Å². The van der Waals surface area contributed by atoms with Crippen molar-refractivity contribution in [2.45, 2.75) is 19.8 Å². The topological polar surface area (TPSA) is 49.7 Å². The number of allylic oxidation sites excluding steroid dienone is 2. The summed E-state index contributed by atoms with van der Waals surface area (Å²) in [7, 11) is 1.62. The van der Waals surface area contributed by atoms with E-state index in [2.05, 4.69) is 4.99 Å². The maximum absolute atomic E-state index is 12.1. The minimum atomic E-state index is -0.395. The average molecular weight is 307 g/mol. The summed E-state index contributed by atoms with van der Waals surface area (Å²) in [6.45, 7) is 3.19. The lowest BCUT2D eigenvalue weighted by Gasteiger charge is -2.20. The summed E-state index contributed by atoms with van der Waals surface area (Å²) in [6, 6.07) is 19.3. The number of hydrogen-bond donors (Lipinski definition) is 1. The monoisotopic (exact) mass is 307 g/mol. The summed E-state index contributed by atoms with van der Waals surface area (Å²) < 4.78 is 0. The number of hydrogen-bond acceptors (Lipinski definition) is 3. The van der Waals surface area contributed by atoms with Crippen molar-refractivity contribution in [1.82, 2.24) is 0 Å². The Morgan fingerprint density at radius 1 is 0.913 bits per heavy atom. The maximum Gasteiger partial charge on any atom is 0.165 e. The molecule has 118 valence electrons. The van der Waals surface area contributed by atoms with E-state index < -0.39 is 5.92 Å². The Bertz CT molecular complexity index is 691. The number of benzene rings is 2. The normalized spacial score (nSPS) is 13.0. The smallest absolute Gasteiger partial charge is 0.165 e. The Labute approximate surface area is 137 Å². The van der Waals surface area contributed by atoms with E-state index >= 15 is 0 Å². The van der Waals surface area contributed by atoms with Crippen molar-refractivity contribution in [1.29, 1.82) is 0 Å². The zero-order valence-electron chi connectivity index (χ0n) is 13.7. The van der Waals surface area contributed by atoms with Crippen LogP contribution in [0.4, 0.5) is 0 Å². The van der Waals surface area contributed by atoms with Gasteiger partial charge in [-0.05, 0) is 25.0 Å². The summed E-state index contributed by atoms with van der Waals surface area (Å²) in [5.41, 5.74) is 2.68. The first-order valence-electron chi connectivity index (χ1n) is 7.54. The van der Waals surface area contributed by atoms with Crippen LogP contribution >= 0.6 is 0 Å². The molecule has 0 aliphatic heterocycles. The van der Waals surface area contributed by atoms with E-state index in [-0.39, 0.29) is 17.1 Å². The predicted octanol–water partition coefficient (Wildman–Crippen LogP) is 4.31. The van der Waals surface area contributed by atoms with Gasteiger partial charge in [-0.3, -0.25) is 9.79 Å². The van der Waals surface area contributed by atoms with Crippen LogP contribution in [0, 0.1) is 0 Å². The SMILES string of the molecule is CN=C(C)/C(C(C)=O)=C(/O)C(c1ccccc1)c1ccccc1. The van der Waals surface area contributed by atoms with Gasteiger partial charge in [0, 0.05) is 12.8 Å². The molecule has 3 nitrogen and oxygen atoms in total. The first kappa shape index (κ1) is 16.7. The molecule has 0 unspecified atom stereocenters. The molecule has 0 aliphatic carbocycles. The average Bonchev–Trinajstić information content (AvgIpc) is 2.56. The van der Waals surface area contributed by atoms with Crippen LogP contribution in [0.1, 0.15) is 30.9 Å². The maximum atomic E-state index is 12.1. The van der Waals surface area contributed by atoms with Crippen LogP contribution in [0.15, 0.2) is 77.0 Å². The second-order valence-electron chi connectivity index (χ2n) is 5.38. The molecule has 0 fully saturated rings. The fraction of sp³-hybridized carbons (Fsp3) is 0.200. The molecule has 0 saturated carbocycles. The van der Waals surface area contributed by atoms with Crippen LogP contribution < -0.4 is 0 Å². The second-order valence-corrected chi connectivity index (χ2v) is 5.38. The molecule has 0 amide bonds. The van der Waals surface area contributed by atoms with Crippen LogP contribution in [0.3, 0.4) is 0 Å². The van der Waals surface area contributed by atoms with Gasteiger partial charge in [0.2, 0.25) is 0 Å². The van der Waals surface area contributed by atoms with Gasteiger partial charge >= 0.3 is 0 Å². The number of aliphatic hydroxyl groups is 1. The first-order valence-corrected chi connectivity index (χ1v) is 7.54. The number of nitrogens with zero attached hydrogens (tertiary/aromatic N) is 1. The predicted molar refractivity (Wildman–Crippen MR) is 94.1 cm³/mol. The number of aliphatic hydroxyl groups excluding tert-OH is 1. The lowest BCUT2D eigenvalue weighted by Crippen LogP contribution is -2.16. The van der Waals surface area contributed by atoms with E-state index in [0.29, 0.717) is 5.71 Å². The summed E-state index contributed by atoms with van der Waals surface area (Å²) in [4.78, 5) is 16.1. The van der Waals surface area contributed by atoms with E-state index in [1.165, 1.54) is 6.92 Å². The molecular formula is C20H21NO2. The molecule has 0 saturated heterocycles. The van der Waals surface area contributed by atoms with Crippen LogP contribution in [-0.2, 0) is 4.79 Å². The number of aliphatic imine (C=N–C) groups is 1. The van der Waals surface area contributed by atoms with E-state index in [9.17, 15) is 9.90 Å². The Kier molecular flexibility index (Phi) is 5.47. The summed E-state index contributed by atoms with van der Waals surface area (Å²) in [6.07, 6.45) is 0. The van der Waals surface area contributed by atoms with Crippen molar-refractivity contribution < 1.29 is 9.90 Å². The number of ketones is 1. The third-order valence-electron chi connectivity index (χ3n) is 3.84. The fourth-order valence-corrected chi connectivity index (χ4v) is 2.68. The lowest BCUT2D eigenvalue weighted by atomic mass is 9.86. The molecule has 0 spiro atoms. The highest BCUT2D eigenvalue weighted by Gasteiger charge is 2.25. The molecule has 23 heavy (non-hydrogen) atoms. The number of Topliss-reactive ketones (excluding diaryl/α,β-unsaturated/α-hetero) is 1. The summed E-state index contributed by atoms with van der Waals surface area (Å²) in [5, 5.41) is 10.9. The molecular weight excluding hydrogens is 286 g/mol. The first-order chi connectivity index (χ1) is 11.1. The van der Waals surface area contributed by atoms with Gasteiger partial charge in [0.15, 0.2) is 5.78 Å². The molecule has 0 bridgehead atoms. The van der Waals surface area contributed by atoms with E-state index in [1.54, 1.807) is 14.0 Å². The minimum Gasteiger partial charge on any atom is -0.510 e. The van der Waals surface area contributed by atoms with Crippen LogP contribution in [-0.4, -0.2) is 23.6 Å². The van der Waals surface area contributed by atoms with Gasteiger partial charge in [-0.1, -0.05) is 60.7 Å². The van der Waals surface area contributed by atoms with Crippen LogP contribution in [0.25, 0.3) is 0 Å². The summed E-state index contributed by atoms with van der Waals surface area (Å²) in [5.74, 6) is -0.548. The highest BCUT2D eigenvalue weighted by Crippen LogP contribution is 2.32. The highest BCUT2D eigenvalue weighted by molar-refractivity contribution is 6.21. The molecule has 2 aromatic carbocycles. The van der Waals surface area contributed by atoms with Crippen molar-refractivity contribution >= 4 is 11.5 Å². The van der Waals surface area contributed by atoms with E-state index in [1.807, 2.05) is 60.7 Å². The largest absolute Gasteiger partial charge is 0.510 e. The molecule has 3 heteroatoms. The molecule has 2 rings (SSSR count). The zero-order chi connectivity index (χ0) is 16.8. The van der Waals surface area contributed by atoms with Gasteiger partial charge in [-0.2, -0.15) is 0 Å². The Hall–Kier alpha value is -2.68. The number of carbonyl (C=O) groups excluding carboxylic acids is 1. The van der Waals surface area contributed by atoms with Gasteiger partial charge in [-0.25, -0.2) is 0 Å². The Morgan fingerprint density at radius 2 is 1.35 bits per heavy atom. The van der Waals surface area contributed by atoms with Crippen molar-refractivity contribution in [3.63, 3.8) is 0 Å². The molecule has 0 heterocycles. The molecule has 0 atom stereocenters. The minimum absolute atomic E-state index is 0.0398. The molecule has 1 N–H and O–H groups in total. The van der Waals surface area contributed by atoms with E-state index in [4.69, 9.17) is 0 Å². The van der Waals surface area contributed by atoms with Crippen molar-refractivity contribution in [3.8, 4) is 0 Å². The van der Waals surface area contributed by atoms with E-state index in [0.717, 1.165) is 11.1 Å². The third kappa shape index (κ3) is 3.75. The number of rotatable bonds is 5. The van der Waals surface area contributed by atoms with Gasteiger partial charge in [0.1, 0.15) is 5.76 Å². The fourth-order valence-electron chi connectivity index (χ4n) is 2.68. The standard InChI is InChI=1S/C20H21NO2/c1-14(21-3)18(15(2)22)20(23)19(16-10-6-4-7-11-16)17-12-8-5-9-13-17/h4-13,19,23H,1-3H3/b20-18-,21-14?. The lowest BCUT2D eigenvalue weighted by molar-refractivity contribution is -0.113. The van der Waals surface area contributed by atoms with Crippen molar-refractivity contribution in [2.24, 2.45) is 4.99 Å². The Balaban J connectivity index is 2.69.